The number of methoxy groups -OCH3 is 2. The number of ether oxygens (including phenoxy) is 2. The van der Waals surface area contributed by atoms with Crippen LogP contribution < -0.4 is 11.1 Å². The van der Waals surface area contributed by atoms with E-state index in [1.54, 1.807) is 25.3 Å². The summed E-state index contributed by atoms with van der Waals surface area (Å²) in [7, 11) is 3.32. The number of amides is 2. The molecular formula is C44H51BrCl2N8O6. The van der Waals surface area contributed by atoms with E-state index in [1.807, 2.05) is 65.9 Å². The van der Waals surface area contributed by atoms with Crippen LogP contribution in [0.15, 0.2) is 71.0 Å². The van der Waals surface area contributed by atoms with Crippen LogP contribution in [0.5, 0.6) is 0 Å². The van der Waals surface area contributed by atoms with Crippen molar-refractivity contribution in [2.75, 3.05) is 58.9 Å². The van der Waals surface area contributed by atoms with Gasteiger partial charge < -0.3 is 28.8 Å². The Hall–Kier alpha value is -4.80. The van der Waals surface area contributed by atoms with Gasteiger partial charge in [0.15, 0.2) is 0 Å². The molecule has 2 amide bonds. The number of carbonyl (C=O) groups is 2. The Bertz CT molecular complexity index is 2610. The van der Waals surface area contributed by atoms with E-state index >= 15 is 0 Å². The largest absolute Gasteiger partial charge is 0.384 e. The molecule has 14 nitrogen and oxygen atoms in total. The number of rotatable bonds is 11. The van der Waals surface area contributed by atoms with Crippen molar-refractivity contribution in [1.29, 1.82) is 0 Å². The van der Waals surface area contributed by atoms with Gasteiger partial charge in [0.25, 0.3) is 11.1 Å². The average Bonchev–Trinajstić information content (AvgIpc) is 4.10. The normalized spacial score (nSPS) is 13.7. The van der Waals surface area contributed by atoms with Crippen LogP contribution in [-0.2, 0) is 38.7 Å². The Morgan fingerprint density at radius 2 is 1.23 bits per heavy atom. The molecular weight excluding hydrogens is 887 g/mol. The second-order valence-electron chi connectivity index (χ2n) is 15.0. The molecule has 0 unspecified atom stereocenters. The topological polar surface area (TPSA) is 150 Å². The quantitative estimate of drug-likeness (QED) is 0.135. The zero-order valence-electron chi connectivity index (χ0n) is 34.9. The minimum absolute atomic E-state index is 0.00408. The van der Waals surface area contributed by atoms with Gasteiger partial charge >= 0.3 is 0 Å². The number of fused-ring (bicyclic) bond motifs is 2. The standard InChI is InChI=1S/C22H25ClN4O3.C19H19ClN4O2.C3H7BrO/c1-15-11-16(5-6-18(15)23)17-12-26(9-10-30-2)21-20(17)22(29)27(14-24-21)13-19(28)25-7-3-4-8-25;1-12-8-13(4-5-15(12)20)14-9-21-18-17(14)19(26)24(11-22-18)10-16(25)23-6-2-3-7-23;1-5-3-2-4/h5-6,11-12,14H,3-4,7-10,13H2,1-2H3;4-5,8-9,11,21H,2-3,6-7,10H2,1H3;2-3H2,1H3. The molecule has 4 aromatic heterocycles. The highest BCUT2D eigenvalue weighted by Crippen LogP contribution is 2.31. The maximum atomic E-state index is 13.4. The number of H-pyrrole nitrogens is 1. The van der Waals surface area contributed by atoms with E-state index in [2.05, 4.69) is 35.6 Å². The van der Waals surface area contributed by atoms with Gasteiger partial charge in [-0.1, -0.05) is 51.3 Å². The number of hydrogen-bond acceptors (Lipinski definition) is 8. The molecule has 17 heteroatoms. The third kappa shape index (κ3) is 10.8. The molecule has 2 aliphatic rings. The summed E-state index contributed by atoms with van der Waals surface area (Å²) in [6.45, 7) is 8.80. The van der Waals surface area contributed by atoms with Gasteiger partial charge in [-0.25, -0.2) is 9.97 Å². The van der Waals surface area contributed by atoms with Crippen LogP contribution in [0.4, 0.5) is 0 Å². The predicted molar refractivity (Wildman–Crippen MR) is 244 cm³/mol. The minimum Gasteiger partial charge on any atom is -0.384 e. The van der Waals surface area contributed by atoms with Gasteiger partial charge in [0, 0.05) is 85.8 Å². The number of aromatic nitrogens is 6. The van der Waals surface area contributed by atoms with E-state index in [-0.39, 0.29) is 36.0 Å². The molecule has 61 heavy (non-hydrogen) atoms. The molecule has 6 heterocycles. The summed E-state index contributed by atoms with van der Waals surface area (Å²) < 4.78 is 14.6. The molecule has 6 aromatic rings. The maximum Gasteiger partial charge on any atom is 0.263 e. The van der Waals surface area contributed by atoms with Crippen molar-refractivity contribution < 1.29 is 19.1 Å². The number of alkyl halides is 1. The molecule has 2 aromatic carbocycles. The van der Waals surface area contributed by atoms with Crippen molar-refractivity contribution in [3.63, 3.8) is 0 Å². The van der Waals surface area contributed by atoms with Gasteiger partial charge in [0.1, 0.15) is 37.0 Å². The molecule has 2 aliphatic heterocycles. The molecule has 0 bridgehead atoms. The van der Waals surface area contributed by atoms with Crippen molar-refractivity contribution in [2.45, 2.75) is 59.2 Å². The highest BCUT2D eigenvalue weighted by molar-refractivity contribution is 9.09. The molecule has 1 N–H and O–H groups in total. The molecule has 2 saturated heterocycles. The third-order valence-electron chi connectivity index (χ3n) is 10.8. The van der Waals surface area contributed by atoms with E-state index in [1.165, 1.54) is 21.8 Å². The molecule has 0 radical (unpaired) electrons. The molecule has 324 valence electrons. The van der Waals surface area contributed by atoms with Crippen molar-refractivity contribution in [1.82, 2.24) is 38.5 Å². The fraction of sp³-hybridized carbons (Fsp3) is 0.409. The fourth-order valence-corrected chi connectivity index (χ4v) is 7.99. The van der Waals surface area contributed by atoms with Crippen molar-refractivity contribution in [3.05, 3.63) is 103 Å². The Morgan fingerprint density at radius 1 is 0.721 bits per heavy atom. The van der Waals surface area contributed by atoms with Gasteiger partial charge in [0.05, 0.1) is 24.0 Å². The lowest BCUT2D eigenvalue weighted by Crippen LogP contribution is -2.34. The summed E-state index contributed by atoms with van der Waals surface area (Å²) in [6.07, 6.45) is 10.7. The van der Waals surface area contributed by atoms with E-state index in [4.69, 9.17) is 27.9 Å². The van der Waals surface area contributed by atoms with Gasteiger partial charge in [0.2, 0.25) is 11.8 Å². The van der Waals surface area contributed by atoms with E-state index in [0.717, 1.165) is 97.2 Å². The van der Waals surface area contributed by atoms with Crippen LogP contribution in [0.1, 0.15) is 36.8 Å². The van der Waals surface area contributed by atoms with Gasteiger partial charge in [-0.3, -0.25) is 28.3 Å². The predicted octanol–water partition coefficient (Wildman–Crippen LogP) is 7.10. The number of aromatic amines is 1. The Kier molecular flexibility index (Phi) is 16.0. The lowest BCUT2D eigenvalue weighted by atomic mass is 10.0. The number of halogens is 3. The molecule has 0 spiro atoms. The number of likely N-dealkylation sites (tertiary alicyclic amines) is 2. The highest BCUT2D eigenvalue weighted by Gasteiger charge is 2.23. The molecule has 0 atom stereocenters. The first-order valence-corrected chi connectivity index (χ1v) is 22.1. The monoisotopic (exact) mass is 936 g/mol. The average molecular weight is 939 g/mol. The summed E-state index contributed by atoms with van der Waals surface area (Å²) >= 11 is 15.5. The van der Waals surface area contributed by atoms with E-state index in [0.29, 0.717) is 45.3 Å². The maximum absolute atomic E-state index is 13.4. The zero-order valence-corrected chi connectivity index (χ0v) is 38.0. The van der Waals surface area contributed by atoms with Crippen LogP contribution in [0.25, 0.3) is 44.3 Å². The van der Waals surface area contributed by atoms with Crippen molar-refractivity contribution in [3.8, 4) is 22.3 Å². The van der Waals surface area contributed by atoms with Crippen LogP contribution in [0.3, 0.4) is 0 Å². The fourth-order valence-electron chi connectivity index (χ4n) is 7.43. The summed E-state index contributed by atoms with van der Waals surface area (Å²) in [4.78, 5) is 66.9. The summed E-state index contributed by atoms with van der Waals surface area (Å²) in [5.74, 6) is -0.0800. The molecule has 0 saturated carbocycles. The van der Waals surface area contributed by atoms with E-state index in [9.17, 15) is 19.2 Å². The van der Waals surface area contributed by atoms with Crippen LogP contribution in [-0.4, -0.2) is 109 Å². The number of hydrogen-bond donors (Lipinski definition) is 1. The van der Waals surface area contributed by atoms with Gasteiger partial charge in [-0.2, -0.15) is 0 Å². The first-order valence-electron chi connectivity index (χ1n) is 20.2. The minimum atomic E-state index is -0.216. The smallest absolute Gasteiger partial charge is 0.263 e. The zero-order chi connectivity index (χ0) is 43.6. The van der Waals surface area contributed by atoms with Gasteiger partial charge in [-0.15, -0.1) is 0 Å². The number of carbonyl (C=O) groups excluding carboxylic acids is 2. The summed E-state index contributed by atoms with van der Waals surface area (Å²) in [6, 6.07) is 11.3. The number of benzene rings is 2. The first kappa shape index (κ1) is 45.7. The number of nitrogens with one attached hydrogen (secondary N) is 1. The first-order chi connectivity index (χ1) is 29.4. The molecule has 2 fully saturated rings. The summed E-state index contributed by atoms with van der Waals surface area (Å²) in [5.41, 5.74) is 5.86. The Labute approximate surface area is 372 Å². The number of nitrogens with zero attached hydrogens (tertiary/aromatic N) is 7. The molecule has 8 rings (SSSR count). The van der Waals surface area contributed by atoms with E-state index < -0.39 is 0 Å². The van der Waals surface area contributed by atoms with Crippen LogP contribution >= 0.6 is 39.1 Å². The SMILES string of the molecule is COCCBr.COCCn1cc(-c2ccc(Cl)c(C)c2)c2c(=O)n(CC(=O)N3CCCC3)cnc21.Cc1cc(-c2c[nH]c3ncn(CC(=O)N4CCCC4)c(=O)c23)ccc1Cl. The summed E-state index contributed by atoms with van der Waals surface area (Å²) in [5, 5.41) is 3.28. The van der Waals surface area contributed by atoms with Crippen LogP contribution in [0, 0.1) is 13.8 Å². The number of aryl methyl sites for hydroxylation is 2. The second-order valence-corrected chi connectivity index (χ2v) is 16.6. The lowest BCUT2D eigenvalue weighted by Gasteiger charge is -2.16. The Morgan fingerprint density at radius 3 is 1.72 bits per heavy atom. The highest BCUT2D eigenvalue weighted by atomic mass is 79.9. The van der Waals surface area contributed by atoms with Crippen molar-refractivity contribution >= 4 is 73.0 Å². The van der Waals surface area contributed by atoms with Crippen molar-refractivity contribution in [2.24, 2.45) is 0 Å². The Balaban J connectivity index is 0.000000185. The third-order valence-corrected chi connectivity index (χ3v) is 12.0. The van der Waals surface area contributed by atoms with Gasteiger partial charge in [-0.05, 0) is 86.1 Å². The molecule has 0 aliphatic carbocycles. The lowest BCUT2D eigenvalue weighted by molar-refractivity contribution is -0.131. The second kappa shape index (κ2) is 21.3. The van der Waals surface area contributed by atoms with Crippen LogP contribution in [0.2, 0.25) is 10.0 Å².